The number of hydrogen-bond acceptors (Lipinski definition) is 4. The van der Waals surface area contributed by atoms with Crippen LogP contribution in [0.3, 0.4) is 0 Å². The highest BCUT2D eigenvalue weighted by molar-refractivity contribution is 8.03. The van der Waals surface area contributed by atoms with Crippen molar-refractivity contribution in [2.24, 2.45) is 5.41 Å². The summed E-state index contributed by atoms with van der Waals surface area (Å²) in [6, 6.07) is 5.53. The molecule has 1 aliphatic rings. The van der Waals surface area contributed by atoms with Gasteiger partial charge in [0.05, 0.1) is 18.6 Å². The molecule has 1 saturated carbocycles. The van der Waals surface area contributed by atoms with Gasteiger partial charge in [-0.3, -0.25) is 4.79 Å². The first-order valence-electron chi connectivity index (χ1n) is 6.77. The molecule has 2 rings (SSSR count). The third-order valence-corrected chi connectivity index (χ3v) is 6.79. The molecule has 0 bridgehead atoms. The molecule has 116 valence electrons. The number of benzene rings is 1. The van der Waals surface area contributed by atoms with Gasteiger partial charge in [0.2, 0.25) is 0 Å². The van der Waals surface area contributed by atoms with E-state index in [0.29, 0.717) is 11.4 Å². The summed E-state index contributed by atoms with van der Waals surface area (Å²) in [5.74, 6) is 2.97. The first-order chi connectivity index (χ1) is 10.0. The largest absolute Gasteiger partial charge is 0.469 e. The van der Waals surface area contributed by atoms with Crippen molar-refractivity contribution in [2.75, 3.05) is 24.4 Å². The van der Waals surface area contributed by atoms with Crippen LogP contribution in [-0.4, -0.2) is 30.3 Å². The van der Waals surface area contributed by atoms with Crippen molar-refractivity contribution in [3.8, 4) is 0 Å². The summed E-state index contributed by atoms with van der Waals surface area (Å²) in [5, 5.41) is 1.46. The number of carbonyl (C=O) groups is 1. The third kappa shape index (κ3) is 5.59. The Balaban J connectivity index is 1.66. The van der Waals surface area contributed by atoms with E-state index in [9.17, 15) is 4.79 Å². The Morgan fingerprint density at radius 2 is 2.10 bits per heavy atom. The van der Waals surface area contributed by atoms with Crippen molar-refractivity contribution < 1.29 is 9.53 Å². The average Bonchev–Trinajstić information content (AvgIpc) is 3.22. The molecule has 0 unspecified atom stereocenters. The minimum absolute atomic E-state index is 0.0896. The highest BCUT2D eigenvalue weighted by atomic mass is 35.5. The summed E-state index contributed by atoms with van der Waals surface area (Å²) in [4.78, 5) is 12.4. The summed E-state index contributed by atoms with van der Waals surface area (Å²) in [7, 11) is 1.46. The smallest absolute Gasteiger partial charge is 0.306 e. The van der Waals surface area contributed by atoms with Gasteiger partial charge in [0, 0.05) is 21.4 Å². The molecule has 0 aliphatic heterocycles. The number of ether oxygens (including phenoxy) is 1. The van der Waals surface area contributed by atoms with Crippen molar-refractivity contribution in [3.63, 3.8) is 0 Å². The van der Waals surface area contributed by atoms with E-state index in [1.807, 2.05) is 23.9 Å². The third-order valence-electron chi connectivity index (χ3n) is 3.49. The van der Waals surface area contributed by atoms with Gasteiger partial charge in [-0.15, -0.1) is 11.8 Å². The normalized spacial score (nSPS) is 15.8. The molecule has 1 aromatic rings. The lowest BCUT2D eigenvalue weighted by atomic mass is 10.1. The van der Waals surface area contributed by atoms with E-state index in [1.54, 1.807) is 17.8 Å². The van der Waals surface area contributed by atoms with Gasteiger partial charge in [0.25, 0.3) is 0 Å². The van der Waals surface area contributed by atoms with Crippen LogP contribution in [0.4, 0.5) is 0 Å². The average molecular weight is 365 g/mol. The number of carbonyl (C=O) groups excluding carboxylic acids is 1. The standard InChI is InChI=1S/C15H18Cl2O2S2/c1-19-14(18)9-15(4-5-15)10-20-6-7-21-13-8-11(16)2-3-12(13)17/h2-3,8H,4-7,9-10H2,1H3. The Morgan fingerprint density at radius 3 is 2.76 bits per heavy atom. The Bertz CT molecular complexity index is 504. The van der Waals surface area contributed by atoms with Gasteiger partial charge in [-0.2, -0.15) is 11.8 Å². The Labute approximate surface area is 144 Å². The molecule has 1 fully saturated rings. The van der Waals surface area contributed by atoms with E-state index in [0.717, 1.165) is 40.0 Å². The molecule has 0 N–H and O–H groups in total. The topological polar surface area (TPSA) is 26.3 Å². The lowest BCUT2D eigenvalue weighted by molar-refractivity contribution is -0.141. The monoisotopic (exact) mass is 364 g/mol. The molecule has 0 atom stereocenters. The Hall–Kier alpha value is -0.0300. The molecule has 0 heterocycles. The highest BCUT2D eigenvalue weighted by Crippen LogP contribution is 2.51. The fraction of sp³-hybridized carbons (Fsp3) is 0.533. The maximum Gasteiger partial charge on any atom is 0.306 e. The molecule has 0 spiro atoms. The van der Waals surface area contributed by atoms with Gasteiger partial charge >= 0.3 is 5.97 Å². The summed E-state index contributed by atoms with van der Waals surface area (Å²) in [5.41, 5.74) is 0.204. The van der Waals surface area contributed by atoms with Gasteiger partial charge < -0.3 is 4.74 Å². The van der Waals surface area contributed by atoms with E-state index in [2.05, 4.69) is 0 Å². The summed E-state index contributed by atoms with van der Waals surface area (Å²) < 4.78 is 4.76. The molecular formula is C15H18Cl2O2S2. The van der Waals surface area contributed by atoms with Gasteiger partial charge in [0.1, 0.15) is 0 Å². The number of hydrogen-bond donors (Lipinski definition) is 0. The van der Waals surface area contributed by atoms with Crippen molar-refractivity contribution in [2.45, 2.75) is 24.2 Å². The number of halogens is 2. The predicted octanol–water partition coefficient (Wildman–Crippen LogP) is 5.16. The minimum Gasteiger partial charge on any atom is -0.469 e. The van der Waals surface area contributed by atoms with Gasteiger partial charge in [-0.05, 0) is 42.2 Å². The maximum absolute atomic E-state index is 11.3. The SMILES string of the molecule is COC(=O)CC1(CSCCSc2cc(Cl)ccc2Cl)CC1. The van der Waals surface area contributed by atoms with Crippen LogP contribution in [0.25, 0.3) is 0 Å². The van der Waals surface area contributed by atoms with E-state index in [-0.39, 0.29) is 11.4 Å². The number of rotatable bonds is 8. The molecule has 0 aromatic heterocycles. The summed E-state index contributed by atoms with van der Waals surface area (Å²) >= 11 is 15.7. The molecular weight excluding hydrogens is 347 g/mol. The minimum atomic E-state index is -0.0896. The zero-order chi connectivity index (χ0) is 15.3. The lowest BCUT2D eigenvalue weighted by Crippen LogP contribution is -2.13. The lowest BCUT2D eigenvalue weighted by Gasteiger charge is -2.13. The number of esters is 1. The predicted molar refractivity (Wildman–Crippen MR) is 92.8 cm³/mol. The van der Waals surface area contributed by atoms with Crippen LogP contribution in [-0.2, 0) is 9.53 Å². The Morgan fingerprint density at radius 1 is 1.33 bits per heavy atom. The van der Waals surface area contributed by atoms with Gasteiger partial charge in [0.15, 0.2) is 0 Å². The summed E-state index contributed by atoms with van der Waals surface area (Å²) in [6.45, 7) is 0. The van der Waals surface area contributed by atoms with Crippen LogP contribution in [0.15, 0.2) is 23.1 Å². The van der Waals surface area contributed by atoms with Gasteiger partial charge in [-0.1, -0.05) is 23.2 Å². The highest BCUT2D eigenvalue weighted by Gasteiger charge is 2.44. The zero-order valence-electron chi connectivity index (χ0n) is 11.9. The first kappa shape index (κ1) is 17.3. The second-order valence-corrected chi connectivity index (χ2v) is 8.31. The van der Waals surface area contributed by atoms with Crippen molar-refractivity contribution in [1.82, 2.24) is 0 Å². The van der Waals surface area contributed by atoms with Crippen molar-refractivity contribution in [1.29, 1.82) is 0 Å². The van der Waals surface area contributed by atoms with Gasteiger partial charge in [-0.25, -0.2) is 0 Å². The maximum atomic E-state index is 11.3. The fourth-order valence-electron chi connectivity index (χ4n) is 2.01. The van der Waals surface area contributed by atoms with E-state index >= 15 is 0 Å². The van der Waals surface area contributed by atoms with E-state index in [1.165, 1.54) is 7.11 Å². The van der Waals surface area contributed by atoms with Crippen molar-refractivity contribution in [3.05, 3.63) is 28.2 Å². The van der Waals surface area contributed by atoms with Crippen LogP contribution in [0, 0.1) is 5.41 Å². The van der Waals surface area contributed by atoms with Crippen molar-refractivity contribution >= 4 is 52.7 Å². The van der Waals surface area contributed by atoms with E-state index < -0.39 is 0 Å². The quantitative estimate of drug-likeness (QED) is 0.361. The molecule has 0 radical (unpaired) electrons. The number of methoxy groups -OCH3 is 1. The molecule has 0 amide bonds. The molecule has 1 aliphatic carbocycles. The second-order valence-electron chi connectivity index (χ2n) is 5.23. The van der Waals surface area contributed by atoms with Crippen LogP contribution in [0.5, 0.6) is 0 Å². The fourth-order valence-corrected chi connectivity index (χ4v) is 4.94. The molecule has 0 saturated heterocycles. The van der Waals surface area contributed by atoms with Crippen LogP contribution in [0.1, 0.15) is 19.3 Å². The Kier molecular flexibility index (Phi) is 6.60. The molecule has 6 heteroatoms. The van der Waals surface area contributed by atoms with E-state index in [4.69, 9.17) is 27.9 Å². The molecule has 2 nitrogen and oxygen atoms in total. The zero-order valence-corrected chi connectivity index (χ0v) is 15.0. The number of thioether (sulfide) groups is 2. The molecule has 1 aromatic carbocycles. The summed E-state index contributed by atoms with van der Waals surface area (Å²) in [6.07, 6.45) is 2.84. The first-order valence-corrected chi connectivity index (χ1v) is 9.67. The van der Waals surface area contributed by atoms with Crippen LogP contribution >= 0.6 is 46.7 Å². The molecule has 21 heavy (non-hydrogen) atoms. The second kappa shape index (κ2) is 8.00. The van der Waals surface area contributed by atoms with Crippen LogP contribution < -0.4 is 0 Å². The van der Waals surface area contributed by atoms with Crippen LogP contribution in [0.2, 0.25) is 10.0 Å².